The molecule has 4 nitrogen and oxygen atoms in total. The largest absolute Gasteiger partial charge is 0.336 e. The number of hydrogen-bond acceptors (Lipinski definition) is 4. The molecule has 0 aliphatic heterocycles. The number of carbonyl (C=O) groups excluding carboxylic acids is 1. The zero-order valence-corrected chi connectivity index (χ0v) is 12.5. The van der Waals surface area contributed by atoms with Crippen molar-refractivity contribution >= 4 is 33.2 Å². The second-order valence-electron chi connectivity index (χ2n) is 3.89. The molecule has 1 amide bonds. The van der Waals surface area contributed by atoms with Crippen molar-refractivity contribution in [3.05, 3.63) is 44.6 Å². The van der Waals surface area contributed by atoms with Crippen LogP contribution in [0.3, 0.4) is 0 Å². The number of nitrogens with zero attached hydrogens (tertiary/aromatic N) is 3. The summed E-state index contributed by atoms with van der Waals surface area (Å²) in [5, 5.41) is 2.99. The Morgan fingerprint density at radius 2 is 2.33 bits per heavy atom. The van der Waals surface area contributed by atoms with Crippen LogP contribution < -0.4 is 0 Å². The predicted octanol–water partition coefficient (Wildman–Crippen LogP) is 2.88. The first-order chi connectivity index (χ1) is 8.56. The number of aryl methyl sites for hydroxylation is 1. The number of pyridine rings is 1. The van der Waals surface area contributed by atoms with E-state index in [0.717, 1.165) is 10.7 Å². The van der Waals surface area contributed by atoms with Gasteiger partial charge in [0.15, 0.2) is 0 Å². The second-order valence-corrected chi connectivity index (χ2v) is 5.76. The van der Waals surface area contributed by atoms with Gasteiger partial charge in [-0.1, -0.05) is 0 Å². The monoisotopic (exact) mass is 325 g/mol. The van der Waals surface area contributed by atoms with E-state index in [1.807, 2.05) is 12.3 Å². The van der Waals surface area contributed by atoms with Crippen molar-refractivity contribution in [2.75, 3.05) is 7.05 Å². The summed E-state index contributed by atoms with van der Waals surface area (Å²) >= 11 is 4.85. The summed E-state index contributed by atoms with van der Waals surface area (Å²) < 4.78 is 0.659. The minimum atomic E-state index is -0.0382. The molecule has 18 heavy (non-hydrogen) atoms. The molecule has 6 heteroatoms. The zero-order chi connectivity index (χ0) is 13.1. The first-order valence-corrected chi connectivity index (χ1v) is 7.01. The lowest BCUT2D eigenvalue weighted by atomic mass is 10.2. The number of thiazole rings is 1. The Morgan fingerprint density at radius 1 is 1.56 bits per heavy atom. The molecule has 0 aliphatic rings. The summed E-state index contributed by atoms with van der Waals surface area (Å²) in [5.74, 6) is -0.0382. The van der Waals surface area contributed by atoms with Crippen LogP contribution in [0.1, 0.15) is 21.1 Å². The first-order valence-electron chi connectivity index (χ1n) is 5.34. The SMILES string of the molecule is Cc1nc(CN(C)C(=O)c2ccnc(Br)c2)cs1. The molecule has 0 radical (unpaired) electrons. The lowest BCUT2D eigenvalue weighted by molar-refractivity contribution is 0.0783. The standard InChI is InChI=1S/C12H12BrN3OS/c1-8-15-10(7-18-8)6-16(2)12(17)9-3-4-14-11(13)5-9/h3-5,7H,6H2,1-2H3. The summed E-state index contributed by atoms with van der Waals surface area (Å²) in [6.45, 7) is 2.47. The highest BCUT2D eigenvalue weighted by atomic mass is 79.9. The Kier molecular flexibility index (Phi) is 4.08. The molecule has 2 heterocycles. The smallest absolute Gasteiger partial charge is 0.254 e. The maximum Gasteiger partial charge on any atom is 0.254 e. The van der Waals surface area contributed by atoms with E-state index in [1.54, 1.807) is 41.6 Å². The Bertz CT molecular complexity index is 570. The third kappa shape index (κ3) is 3.14. The molecule has 0 fully saturated rings. The van der Waals surface area contributed by atoms with Gasteiger partial charge >= 0.3 is 0 Å². The van der Waals surface area contributed by atoms with Crippen LogP contribution in [-0.2, 0) is 6.54 Å². The Labute approximate surface area is 118 Å². The van der Waals surface area contributed by atoms with Crippen LogP contribution in [0.25, 0.3) is 0 Å². The number of carbonyl (C=O) groups is 1. The molecule has 0 N–H and O–H groups in total. The van der Waals surface area contributed by atoms with Gasteiger partial charge in [-0.25, -0.2) is 9.97 Å². The first kappa shape index (κ1) is 13.2. The Morgan fingerprint density at radius 3 is 2.94 bits per heavy atom. The fourth-order valence-corrected chi connectivity index (χ4v) is 2.52. The van der Waals surface area contributed by atoms with Gasteiger partial charge in [0.1, 0.15) is 4.60 Å². The van der Waals surface area contributed by atoms with Crippen molar-refractivity contribution in [3.63, 3.8) is 0 Å². The molecule has 2 rings (SSSR count). The number of halogens is 1. The van der Waals surface area contributed by atoms with Crippen LogP contribution in [0.15, 0.2) is 28.3 Å². The fraction of sp³-hybridized carbons (Fsp3) is 0.250. The van der Waals surface area contributed by atoms with Gasteiger partial charge < -0.3 is 4.90 Å². The maximum atomic E-state index is 12.2. The summed E-state index contributed by atoms with van der Waals surface area (Å²) in [6, 6.07) is 3.42. The van der Waals surface area contributed by atoms with Gasteiger partial charge in [0.25, 0.3) is 5.91 Å². The topological polar surface area (TPSA) is 46.1 Å². The highest BCUT2D eigenvalue weighted by molar-refractivity contribution is 9.10. The van der Waals surface area contributed by atoms with Gasteiger partial charge in [0, 0.05) is 24.2 Å². The molecule has 0 atom stereocenters. The highest BCUT2D eigenvalue weighted by Gasteiger charge is 2.13. The lowest BCUT2D eigenvalue weighted by Crippen LogP contribution is -2.26. The molecule has 0 saturated carbocycles. The van der Waals surface area contributed by atoms with Gasteiger partial charge in [-0.2, -0.15) is 0 Å². The van der Waals surface area contributed by atoms with Crippen LogP contribution in [0.5, 0.6) is 0 Å². The van der Waals surface area contributed by atoms with E-state index in [0.29, 0.717) is 16.7 Å². The Hall–Kier alpha value is -1.27. The van der Waals surface area contributed by atoms with E-state index >= 15 is 0 Å². The van der Waals surface area contributed by atoms with E-state index in [1.165, 1.54) is 0 Å². The molecular weight excluding hydrogens is 314 g/mol. The van der Waals surface area contributed by atoms with Crippen molar-refractivity contribution in [2.24, 2.45) is 0 Å². The quantitative estimate of drug-likeness (QED) is 0.815. The number of aromatic nitrogens is 2. The lowest BCUT2D eigenvalue weighted by Gasteiger charge is -2.15. The summed E-state index contributed by atoms with van der Waals surface area (Å²) in [5.41, 5.74) is 1.53. The van der Waals surface area contributed by atoms with Crippen molar-refractivity contribution < 1.29 is 4.79 Å². The third-order valence-corrected chi connectivity index (χ3v) is 3.64. The number of hydrogen-bond donors (Lipinski definition) is 0. The molecular formula is C12H12BrN3OS. The minimum Gasteiger partial charge on any atom is -0.336 e. The second kappa shape index (κ2) is 5.58. The maximum absolute atomic E-state index is 12.2. The van der Waals surface area contributed by atoms with Crippen LogP contribution in [0, 0.1) is 6.92 Å². The van der Waals surface area contributed by atoms with Gasteiger partial charge in [0.2, 0.25) is 0 Å². The average molecular weight is 326 g/mol. The molecule has 0 aliphatic carbocycles. The normalized spacial score (nSPS) is 10.4. The van der Waals surface area contributed by atoms with Gasteiger partial charge in [-0.3, -0.25) is 4.79 Å². The number of rotatable bonds is 3. The number of amides is 1. The summed E-state index contributed by atoms with van der Waals surface area (Å²) in [6.07, 6.45) is 1.61. The van der Waals surface area contributed by atoms with Crippen LogP contribution in [0.2, 0.25) is 0 Å². The van der Waals surface area contributed by atoms with E-state index in [9.17, 15) is 4.79 Å². The van der Waals surface area contributed by atoms with E-state index in [2.05, 4.69) is 25.9 Å². The average Bonchev–Trinajstić information content (AvgIpc) is 2.73. The van der Waals surface area contributed by atoms with E-state index < -0.39 is 0 Å². The van der Waals surface area contributed by atoms with E-state index in [4.69, 9.17) is 0 Å². The molecule has 0 bridgehead atoms. The van der Waals surface area contributed by atoms with Crippen LogP contribution >= 0.6 is 27.3 Å². The molecule has 0 aromatic carbocycles. The van der Waals surface area contributed by atoms with Gasteiger partial charge in [-0.05, 0) is 35.0 Å². The van der Waals surface area contributed by atoms with Crippen LogP contribution in [0.4, 0.5) is 0 Å². The van der Waals surface area contributed by atoms with Crippen molar-refractivity contribution in [1.82, 2.24) is 14.9 Å². The van der Waals surface area contributed by atoms with E-state index in [-0.39, 0.29) is 5.91 Å². The zero-order valence-electron chi connectivity index (χ0n) is 10.1. The predicted molar refractivity (Wildman–Crippen MR) is 74.6 cm³/mol. The minimum absolute atomic E-state index is 0.0382. The summed E-state index contributed by atoms with van der Waals surface area (Å²) in [7, 11) is 1.77. The molecule has 94 valence electrons. The van der Waals surface area contributed by atoms with Crippen molar-refractivity contribution in [3.8, 4) is 0 Å². The van der Waals surface area contributed by atoms with Gasteiger partial charge in [-0.15, -0.1) is 11.3 Å². The van der Waals surface area contributed by atoms with Crippen molar-refractivity contribution in [2.45, 2.75) is 13.5 Å². The molecule has 0 saturated heterocycles. The van der Waals surface area contributed by atoms with Crippen molar-refractivity contribution in [1.29, 1.82) is 0 Å². The Balaban J connectivity index is 2.09. The summed E-state index contributed by atoms with van der Waals surface area (Å²) in [4.78, 5) is 22.2. The fourth-order valence-electron chi connectivity index (χ4n) is 1.55. The third-order valence-electron chi connectivity index (χ3n) is 2.39. The molecule has 2 aromatic heterocycles. The van der Waals surface area contributed by atoms with Gasteiger partial charge in [0.05, 0.1) is 17.2 Å². The molecule has 0 unspecified atom stereocenters. The molecule has 0 spiro atoms. The van der Waals surface area contributed by atoms with Crippen LogP contribution in [-0.4, -0.2) is 27.8 Å². The molecule has 2 aromatic rings. The highest BCUT2D eigenvalue weighted by Crippen LogP contribution is 2.13.